The highest BCUT2D eigenvalue weighted by Gasteiger charge is 2.20. The van der Waals surface area contributed by atoms with Crippen molar-refractivity contribution in [2.75, 3.05) is 6.61 Å². The van der Waals surface area contributed by atoms with Gasteiger partial charge in [0.15, 0.2) is 0 Å². The van der Waals surface area contributed by atoms with E-state index in [1.807, 2.05) is 6.20 Å². The van der Waals surface area contributed by atoms with Gasteiger partial charge in [-0.3, -0.25) is 0 Å². The molecule has 0 amide bonds. The molecule has 19 heavy (non-hydrogen) atoms. The van der Waals surface area contributed by atoms with Gasteiger partial charge in [0.05, 0.1) is 18.8 Å². The summed E-state index contributed by atoms with van der Waals surface area (Å²) < 4.78 is 1.69. The smallest absolute Gasteiger partial charge is 0.0964 e. The quantitative estimate of drug-likeness (QED) is 0.789. The predicted octanol–water partition coefficient (Wildman–Crippen LogP) is 1.72. The molecule has 5 heteroatoms. The fourth-order valence-corrected chi connectivity index (χ4v) is 2.94. The Hall–Kier alpha value is -0.940. The fourth-order valence-electron chi connectivity index (χ4n) is 2.94. The van der Waals surface area contributed by atoms with Gasteiger partial charge >= 0.3 is 0 Å². The van der Waals surface area contributed by atoms with Crippen LogP contribution in [0, 0.1) is 5.92 Å². The molecular formula is C14H26N4O. The Morgan fingerprint density at radius 1 is 1.37 bits per heavy atom. The van der Waals surface area contributed by atoms with Crippen LogP contribution in [0.5, 0.6) is 0 Å². The zero-order chi connectivity index (χ0) is 13.5. The lowest BCUT2D eigenvalue weighted by Crippen LogP contribution is -2.32. The lowest BCUT2D eigenvalue weighted by Gasteiger charge is -2.28. The first-order valence-corrected chi connectivity index (χ1v) is 7.55. The molecule has 1 aromatic heterocycles. The molecule has 0 radical (unpaired) electrons. The number of aliphatic hydroxyl groups excluding tert-OH is 1. The van der Waals surface area contributed by atoms with Gasteiger partial charge in [0.25, 0.3) is 0 Å². The van der Waals surface area contributed by atoms with Gasteiger partial charge in [-0.25, -0.2) is 4.68 Å². The van der Waals surface area contributed by atoms with Crippen LogP contribution in [0.2, 0.25) is 0 Å². The van der Waals surface area contributed by atoms with Crippen molar-refractivity contribution in [3.8, 4) is 0 Å². The number of aliphatic hydroxyl groups is 1. The second kappa shape index (κ2) is 7.60. The fraction of sp³-hybridized carbons (Fsp3) is 0.857. The third kappa shape index (κ3) is 4.58. The first-order valence-electron chi connectivity index (χ1n) is 7.55. The van der Waals surface area contributed by atoms with Crippen LogP contribution in [-0.2, 0) is 13.1 Å². The normalized spacial score (nSPS) is 23.7. The summed E-state index contributed by atoms with van der Waals surface area (Å²) >= 11 is 0. The summed E-state index contributed by atoms with van der Waals surface area (Å²) in [4.78, 5) is 0. The molecular weight excluding hydrogens is 240 g/mol. The summed E-state index contributed by atoms with van der Waals surface area (Å²) in [5.41, 5.74) is 0.962. The van der Waals surface area contributed by atoms with Crippen LogP contribution < -0.4 is 5.32 Å². The standard InChI is InChI=1S/C14H26N4O/c1-2-3-12-4-6-13(7-5-12)15-10-14-11-18(8-9-19)17-16-14/h11-13,15,19H,2-10H2,1H3. The van der Waals surface area contributed by atoms with Gasteiger partial charge in [0.2, 0.25) is 0 Å². The van der Waals surface area contributed by atoms with E-state index in [9.17, 15) is 0 Å². The molecule has 1 aliphatic carbocycles. The Bertz CT molecular complexity index is 358. The van der Waals surface area contributed by atoms with Crippen molar-refractivity contribution in [3.05, 3.63) is 11.9 Å². The molecule has 2 rings (SSSR count). The molecule has 0 aromatic carbocycles. The summed E-state index contributed by atoms with van der Waals surface area (Å²) in [7, 11) is 0. The molecule has 0 saturated heterocycles. The van der Waals surface area contributed by atoms with E-state index in [-0.39, 0.29) is 6.61 Å². The minimum absolute atomic E-state index is 0.109. The van der Waals surface area contributed by atoms with Gasteiger partial charge in [-0.15, -0.1) is 5.10 Å². The summed E-state index contributed by atoms with van der Waals surface area (Å²) in [5, 5.41) is 20.5. The molecule has 1 fully saturated rings. The van der Waals surface area contributed by atoms with E-state index in [1.54, 1.807) is 4.68 Å². The van der Waals surface area contributed by atoms with Crippen LogP contribution in [0.1, 0.15) is 51.1 Å². The van der Waals surface area contributed by atoms with Crippen LogP contribution in [0.3, 0.4) is 0 Å². The summed E-state index contributed by atoms with van der Waals surface area (Å²) in [6.07, 6.45) is 9.92. The number of hydrogen-bond acceptors (Lipinski definition) is 4. The van der Waals surface area contributed by atoms with E-state index in [2.05, 4.69) is 22.6 Å². The molecule has 1 saturated carbocycles. The molecule has 0 unspecified atom stereocenters. The SMILES string of the molecule is CCCC1CCC(NCc2cn(CCO)nn2)CC1. The summed E-state index contributed by atoms with van der Waals surface area (Å²) in [6, 6.07) is 0.635. The Balaban J connectivity index is 1.68. The molecule has 108 valence electrons. The van der Waals surface area contributed by atoms with Crippen molar-refractivity contribution in [2.24, 2.45) is 5.92 Å². The second-order valence-corrected chi connectivity index (χ2v) is 5.58. The highest BCUT2D eigenvalue weighted by atomic mass is 16.3. The van der Waals surface area contributed by atoms with Crippen LogP contribution >= 0.6 is 0 Å². The van der Waals surface area contributed by atoms with Gasteiger partial charge in [0, 0.05) is 18.8 Å². The second-order valence-electron chi connectivity index (χ2n) is 5.58. The van der Waals surface area contributed by atoms with E-state index < -0.39 is 0 Å². The number of aromatic nitrogens is 3. The average molecular weight is 266 g/mol. The molecule has 2 N–H and O–H groups in total. The Kier molecular flexibility index (Phi) is 5.79. The topological polar surface area (TPSA) is 63.0 Å². The monoisotopic (exact) mass is 266 g/mol. The first kappa shape index (κ1) is 14.5. The van der Waals surface area contributed by atoms with E-state index in [0.717, 1.165) is 18.2 Å². The third-order valence-corrected chi connectivity index (χ3v) is 4.03. The van der Waals surface area contributed by atoms with Gasteiger partial charge in [0.1, 0.15) is 0 Å². The molecule has 0 aliphatic heterocycles. The van der Waals surface area contributed by atoms with Crippen molar-refractivity contribution in [1.82, 2.24) is 20.3 Å². The third-order valence-electron chi connectivity index (χ3n) is 4.03. The van der Waals surface area contributed by atoms with Crippen molar-refractivity contribution in [1.29, 1.82) is 0 Å². The van der Waals surface area contributed by atoms with Crippen molar-refractivity contribution >= 4 is 0 Å². The Labute approximate surface area is 115 Å². The zero-order valence-corrected chi connectivity index (χ0v) is 11.9. The number of hydrogen-bond donors (Lipinski definition) is 2. The lowest BCUT2D eigenvalue weighted by atomic mass is 9.83. The Morgan fingerprint density at radius 3 is 2.84 bits per heavy atom. The van der Waals surface area contributed by atoms with Crippen molar-refractivity contribution in [2.45, 2.75) is 64.6 Å². The van der Waals surface area contributed by atoms with Crippen molar-refractivity contribution in [3.63, 3.8) is 0 Å². The van der Waals surface area contributed by atoms with Gasteiger partial charge < -0.3 is 10.4 Å². The largest absolute Gasteiger partial charge is 0.394 e. The summed E-state index contributed by atoms with van der Waals surface area (Å²) in [5.74, 6) is 0.952. The highest BCUT2D eigenvalue weighted by Crippen LogP contribution is 2.27. The van der Waals surface area contributed by atoms with Crippen LogP contribution in [0.15, 0.2) is 6.20 Å². The molecule has 1 aliphatic rings. The average Bonchev–Trinajstić information content (AvgIpc) is 2.87. The minimum Gasteiger partial charge on any atom is -0.394 e. The molecule has 1 heterocycles. The van der Waals surface area contributed by atoms with E-state index in [4.69, 9.17) is 5.11 Å². The molecule has 0 spiro atoms. The first-order chi connectivity index (χ1) is 9.31. The van der Waals surface area contributed by atoms with E-state index >= 15 is 0 Å². The minimum atomic E-state index is 0.109. The number of nitrogens with one attached hydrogen (secondary N) is 1. The van der Waals surface area contributed by atoms with Gasteiger partial charge in [-0.1, -0.05) is 25.0 Å². The lowest BCUT2D eigenvalue weighted by molar-refractivity contribution is 0.268. The zero-order valence-electron chi connectivity index (χ0n) is 11.9. The maximum absolute atomic E-state index is 8.83. The molecule has 1 aromatic rings. The number of nitrogens with zero attached hydrogens (tertiary/aromatic N) is 3. The molecule has 5 nitrogen and oxygen atoms in total. The van der Waals surface area contributed by atoms with Crippen molar-refractivity contribution < 1.29 is 5.11 Å². The molecule has 0 atom stereocenters. The van der Waals surface area contributed by atoms with E-state index in [1.165, 1.54) is 38.5 Å². The predicted molar refractivity (Wildman–Crippen MR) is 74.6 cm³/mol. The van der Waals surface area contributed by atoms with Crippen LogP contribution in [0.25, 0.3) is 0 Å². The highest BCUT2D eigenvalue weighted by molar-refractivity contribution is 4.92. The Morgan fingerprint density at radius 2 is 2.16 bits per heavy atom. The maximum atomic E-state index is 8.83. The van der Waals surface area contributed by atoms with Gasteiger partial charge in [-0.05, 0) is 31.6 Å². The summed E-state index contributed by atoms with van der Waals surface area (Å²) in [6.45, 7) is 3.70. The van der Waals surface area contributed by atoms with Crippen LogP contribution in [-0.4, -0.2) is 32.7 Å². The molecule has 0 bridgehead atoms. The van der Waals surface area contributed by atoms with Gasteiger partial charge in [-0.2, -0.15) is 0 Å². The maximum Gasteiger partial charge on any atom is 0.0964 e. The van der Waals surface area contributed by atoms with E-state index in [0.29, 0.717) is 12.6 Å². The number of rotatable bonds is 7. The van der Waals surface area contributed by atoms with Crippen LogP contribution in [0.4, 0.5) is 0 Å².